The number of aliphatic hydroxyl groups excluding tert-OH is 1. The Kier molecular flexibility index (Phi) is 3.71. The van der Waals surface area contributed by atoms with Gasteiger partial charge in [0.05, 0.1) is 23.5 Å². The SMILES string of the molecule is N#Cc1cc(C(O)c2ccc(-n3ccnc3)cc2)c2c(ccc3cccn32)c1. The molecule has 5 aromatic rings. The van der Waals surface area contributed by atoms with E-state index in [1.54, 1.807) is 18.6 Å². The van der Waals surface area contributed by atoms with E-state index in [1.807, 2.05) is 71.6 Å². The van der Waals surface area contributed by atoms with Crippen LogP contribution < -0.4 is 0 Å². The Morgan fingerprint density at radius 3 is 2.61 bits per heavy atom. The van der Waals surface area contributed by atoms with Crippen molar-refractivity contribution in [3.63, 3.8) is 0 Å². The third-order valence-corrected chi connectivity index (χ3v) is 5.06. The topological polar surface area (TPSA) is 66.2 Å². The average Bonchev–Trinajstić information content (AvgIpc) is 3.44. The second-order valence-corrected chi connectivity index (χ2v) is 6.72. The van der Waals surface area contributed by atoms with Gasteiger partial charge in [0.15, 0.2) is 0 Å². The zero-order valence-corrected chi connectivity index (χ0v) is 14.9. The molecule has 134 valence electrons. The monoisotopic (exact) mass is 364 g/mol. The Morgan fingerprint density at radius 2 is 1.86 bits per heavy atom. The number of hydrogen-bond acceptors (Lipinski definition) is 3. The van der Waals surface area contributed by atoms with Crippen molar-refractivity contribution in [1.29, 1.82) is 5.26 Å². The van der Waals surface area contributed by atoms with Crippen LogP contribution in [0.4, 0.5) is 0 Å². The lowest BCUT2D eigenvalue weighted by atomic mass is 9.96. The Morgan fingerprint density at radius 1 is 1.00 bits per heavy atom. The molecule has 1 N–H and O–H groups in total. The number of hydrogen-bond donors (Lipinski definition) is 1. The number of aliphatic hydroxyl groups is 1. The third kappa shape index (κ3) is 2.56. The van der Waals surface area contributed by atoms with E-state index in [9.17, 15) is 10.4 Å². The fourth-order valence-electron chi connectivity index (χ4n) is 3.69. The molecule has 1 unspecified atom stereocenters. The number of aromatic nitrogens is 3. The number of nitrogens with zero attached hydrogens (tertiary/aromatic N) is 4. The fraction of sp³-hybridized carbons (Fsp3) is 0.0435. The molecule has 5 nitrogen and oxygen atoms in total. The van der Waals surface area contributed by atoms with Crippen LogP contribution in [0.25, 0.3) is 22.1 Å². The zero-order valence-electron chi connectivity index (χ0n) is 14.9. The van der Waals surface area contributed by atoms with Crippen LogP contribution in [-0.2, 0) is 0 Å². The molecule has 0 aliphatic heterocycles. The van der Waals surface area contributed by atoms with Gasteiger partial charge in [-0.25, -0.2) is 4.98 Å². The van der Waals surface area contributed by atoms with Crippen LogP contribution in [-0.4, -0.2) is 19.1 Å². The molecule has 28 heavy (non-hydrogen) atoms. The molecule has 3 heterocycles. The summed E-state index contributed by atoms with van der Waals surface area (Å²) in [6.07, 6.45) is 6.46. The molecule has 5 rings (SSSR count). The fourth-order valence-corrected chi connectivity index (χ4v) is 3.69. The Bertz CT molecular complexity index is 1330. The molecule has 2 aromatic carbocycles. The largest absolute Gasteiger partial charge is 0.384 e. The van der Waals surface area contributed by atoms with Crippen LogP contribution in [0.1, 0.15) is 22.8 Å². The van der Waals surface area contributed by atoms with Crippen molar-refractivity contribution in [2.24, 2.45) is 0 Å². The van der Waals surface area contributed by atoms with Crippen LogP contribution in [0, 0.1) is 11.3 Å². The molecule has 0 aliphatic carbocycles. The summed E-state index contributed by atoms with van der Waals surface area (Å²) in [5.74, 6) is 0. The van der Waals surface area contributed by atoms with Crippen molar-refractivity contribution in [3.8, 4) is 11.8 Å². The first-order valence-corrected chi connectivity index (χ1v) is 8.95. The van der Waals surface area contributed by atoms with Gasteiger partial charge in [-0.05, 0) is 48.0 Å². The normalized spacial score (nSPS) is 12.3. The Labute approximate surface area is 161 Å². The molecule has 0 fully saturated rings. The first-order valence-electron chi connectivity index (χ1n) is 8.95. The van der Waals surface area contributed by atoms with Crippen molar-refractivity contribution >= 4 is 16.4 Å². The van der Waals surface area contributed by atoms with Gasteiger partial charge in [0.2, 0.25) is 0 Å². The average molecular weight is 364 g/mol. The van der Waals surface area contributed by atoms with E-state index >= 15 is 0 Å². The van der Waals surface area contributed by atoms with E-state index in [0.29, 0.717) is 11.1 Å². The van der Waals surface area contributed by atoms with E-state index in [1.165, 1.54) is 0 Å². The summed E-state index contributed by atoms with van der Waals surface area (Å²) in [4.78, 5) is 4.06. The highest BCUT2D eigenvalue weighted by molar-refractivity contribution is 5.87. The molecule has 0 saturated carbocycles. The predicted molar refractivity (Wildman–Crippen MR) is 107 cm³/mol. The number of rotatable bonds is 3. The maximum Gasteiger partial charge on any atom is 0.106 e. The maximum atomic E-state index is 11.2. The third-order valence-electron chi connectivity index (χ3n) is 5.06. The Hall–Kier alpha value is -3.88. The number of fused-ring (bicyclic) bond motifs is 3. The molecule has 0 amide bonds. The van der Waals surface area contributed by atoms with E-state index in [2.05, 4.69) is 15.5 Å². The number of imidazole rings is 1. The first-order chi connectivity index (χ1) is 13.7. The van der Waals surface area contributed by atoms with Crippen LogP contribution in [0.5, 0.6) is 0 Å². The molecule has 0 spiro atoms. The van der Waals surface area contributed by atoms with Crippen LogP contribution in [0.15, 0.2) is 85.6 Å². The highest BCUT2D eigenvalue weighted by Gasteiger charge is 2.17. The quantitative estimate of drug-likeness (QED) is 0.521. The van der Waals surface area contributed by atoms with Crippen molar-refractivity contribution in [1.82, 2.24) is 14.0 Å². The molecule has 3 aromatic heterocycles. The summed E-state index contributed by atoms with van der Waals surface area (Å²) in [7, 11) is 0. The lowest BCUT2D eigenvalue weighted by Gasteiger charge is -2.17. The summed E-state index contributed by atoms with van der Waals surface area (Å²) < 4.78 is 3.96. The second-order valence-electron chi connectivity index (χ2n) is 6.72. The van der Waals surface area contributed by atoms with Crippen molar-refractivity contribution in [2.45, 2.75) is 6.10 Å². The molecular formula is C23H16N4O. The molecule has 0 radical (unpaired) electrons. The zero-order chi connectivity index (χ0) is 19.1. The van der Waals surface area contributed by atoms with Gasteiger partial charge < -0.3 is 14.1 Å². The van der Waals surface area contributed by atoms with Crippen LogP contribution in [0.2, 0.25) is 0 Å². The van der Waals surface area contributed by atoms with Crippen molar-refractivity contribution in [2.75, 3.05) is 0 Å². The number of nitriles is 1. The summed E-state index contributed by atoms with van der Waals surface area (Å²) in [5.41, 5.74) is 4.93. The minimum Gasteiger partial charge on any atom is -0.384 e. The van der Waals surface area contributed by atoms with Gasteiger partial charge in [0.1, 0.15) is 6.10 Å². The van der Waals surface area contributed by atoms with Gasteiger partial charge in [0.25, 0.3) is 0 Å². The number of pyridine rings is 1. The minimum absolute atomic E-state index is 0.531. The summed E-state index contributed by atoms with van der Waals surface area (Å²) in [6.45, 7) is 0. The highest BCUT2D eigenvalue weighted by atomic mass is 16.3. The van der Waals surface area contributed by atoms with Crippen molar-refractivity contribution < 1.29 is 5.11 Å². The van der Waals surface area contributed by atoms with Crippen molar-refractivity contribution in [3.05, 3.63) is 102 Å². The van der Waals surface area contributed by atoms with Crippen LogP contribution in [0.3, 0.4) is 0 Å². The van der Waals surface area contributed by atoms with E-state index in [0.717, 1.165) is 27.7 Å². The first kappa shape index (κ1) is 16.3. The highest BCUT2D eigenvalue weighted by Crippen LogP contribution is 2.31. The minimum atomic E-state index is -0.847. The van der Waals surface area contributed by atoms with Gasteiger partial charge in [0, 0.05) is 40.7 Å². The van der Waals surface area contributed by atoms with Gasteiger partial charge >= 0.3 is 0 Å². The number of benzene rings is 2. The summed E-state index contributed by atoms with van der Waals surface area (Å²) in [5, 5.41) is 21.6. The van der Waals surface area contributed by atoms with Crippen LogP contribution >= 0.6 is 0 Å². The second kappa shape index (κ2) is 6.38. The van der Waals surface area contributed by atoms with E-state index in [-0.39, 0.29) is 0 Å². The standard InChI is InChI=1S/C23H16N4O/c24-14-16-12-18-5-8-20-2-1-10-27(20)22(18)21(13-16)23(28)17-3-6-19(7-4-17)26-11-9-25-15-26/h1-13,15,23,28H. The van der Waals surface area contributed by atoms with Gasteiger partial charge in [-0.3, -0.25) is 0 Å². The lowest BCUT2D eigenvalue weighted by molar-refractivity contribution is 0.221. The van der Waals surface area contributed by atoms with E-state index < -0.39 is 6.10 Å². The lowest BCUT2D eigenvalue weighted by Crippen LogP contribution is -2.04. The van der Waals surface area contributed by atoms with E-state index in [4.69, 9.17) is 0 Å². The molecule has 0 bridgehead atoms. The summed E-state index contributed by atoms with van der Waals surface area (Å²) >= 11 is 0. The molecule has 0 saturated heterocycles. The Balaban J connectivity index is 1.67. The van der Waals surface area contributed by atoms with Gasteiger partial charge in [-0.1, -0.05) is 18.2 Å². The van der Waals surface area contributed by atoms with Gasteiger partial charge in [-0.15, -0.1) is 0 Å². The molecular weight excluding hydrogens is 348 g/mol. The predicted octanol–water partition coefficient (Wildman–Crippen LogP) is 4.23. The maximum absolute atomic E-state index is 11.2. The summed E-state index contributed by atoms with van der Waals surface area (Å²) in [6, 6.07) is 21.5. The van der Waals surface area contributed by atoms with Gasteiger partial charge in [-0.2, -0.15) is 5.26 Å². The molecule has 1 atom stereocenters. The molecule has 5 heteroatoms. The molecule has 0 aliphatic rings. The smallest absolute Gasteiger partial charge is 0.106 e.